The molecule has 0 saturated carbocycles. The predicted octanol–water partition coefficient (Wildman–Crippen LogP) is 4.67. The molecule has 3 N–H and O–H groups in total. The zero-order valence-corrected chi connectivity index (χ0v) is 22.8. The number of carbonyl (C=O) groups is 2. The number of nitrogens with zero attached hydrogens (tertiary/aromatic N) is 4. The van der Waals surface area contributed by atoms with Gasteiger partial charge in [-0.25, -0.2) is 14.4 Å². The topological polar surface area (TPSA) is 104 Å². The van der Waals surface area contributed by atoms with Crippen molar-refractivity contribution in [1.82, 2.24) is 19.8 Å². The Hall–Kier alpha value is -3.11. The van der Waals surface area contributed by atoms with Crippen molar-refractivity contribution in [1.29, 1.82) is 0 Å². The van der Waals surface area contributed by atoms with Crippen LogP contribution in [0.15, 0.2) is 30.5 Å². The van der Waals surface area contributed by atoms with Gasteiger partial charge in [0, 0.05) is 19.0 Å². The van der Waals surface area contributed by atoms with Gasteiger partial charge in [0.25, 0.3) is 0 Å². The number of hydrogen-bond donors (Lipinski definition) is 2. The Kier molecular flexibility index (Phi) is 7.90. The number of aryl methyl sites for hydroxylation is 1. The van der Waals surface area contributed by atoms with E-state index in [9.17, 15) is 14.0 Å². The van der Waals surface area contributed by atoms with Crippen LogP contribution in [0.1, 0.15) is 60.7 Å². The van der Waals surface area contributed by atoms with E-state index in [1.807, 2.05) is 0 Å². The van der Waals surface area contributed by atoms with Crippen molar-refractivity contribution < 1.29 is 14.0 Å². The number of alkyl halides is 1. The molecule has 8 nitrogen and oxygen atoms in total. The van der Waals surface area contributed by atoms with Crippen LogP contribution in [0.25, 0.3) is 10.2 Å². The van der Waals surface area contributed by atoms with E-state index in [0.717, 1.165) is 65.1 Å². The van der Waals surface area contributed by atoms with Crippen molar-refractivity contribution in [2.75, 3.05) is 43.9 Å². The average molecular weight is 539 g/mol. The zero-order chi connectivity index (χ0) is 26.8. The van der Waals surface area contributed by atoms with Crippen molar-refractivity contribution in [3.05, 3.63) is 46.6 Å². The minimum atomic E-state index is -0.675. The Labute approximate surface area is 226 Å². The van der Waals surface area contributed by atoms with Crippen LogP contribution in [0.4, 0.5) is 15.9 Å². The number of amides is 2. The van der Waals surface area contributed by atoms with Gasteiger partial charge in [0.05, 0.1) is 33.2 Å². The summed E-state index contributed by atoms with van der Waals surface area (Å²) in [5, 5.41) is 3.82. The van der Waals surface area contributed by atoms with E-state index >= 15 is 0 Å². The Bertz CT molecular complexity index is 1320. The standard InChI is InChI=1S/C28H35FN6O2S/c1-17-3-5-23(35(16-17)28(37)26(36)32-21-13-18(2)25(30)31-15-21)20-4-6-24-22(14-20)33-27(38-24)19-7-10-34(11-8-19)12-9-29/h4,6,13-15,17,19,23H,3,5,7-12,16H2,1-2H3,(H2,30,31)(H,32,36)/t17-,23?/m0/s1. The first-order valence-electron chi connectivity index (χ1n) is 13.3. The fourth-order valence-electron chi connectivity index (χ4n) is 5.56. The van der Waals surface area contributed by atoms with E-state index in [2.05, 4.69) is 40.3 Å². The van der Waals surface area contributed by atoms with Gasteiger partial charge in [0.1, 0.15) is 12.5 Å². The minimum absolute atomic E-state index is 0.186. The van der Waals surface area contributed by atoms with Crippen LogP contribution in [-0.2, 0) is 9.59 Å². The Morgan fingerprint density at radius 1 is 1.18 bits per heavy atom. The lowest BCUT2D eigenvalue weighted by Crippen LogP contribution is -2.46. The first-order valence-corrected chi connectivity index (χ1v) is 14.2. The molecule has 2 aromatic heterocycles. The second-order valence-corrected chi connectivity index (χ2v) is 11.7. The summed E-state index contributed by atoms with van der Waals surface area (Å²) in [4.78, 5) is 39.2. The van der Waals surface area contributed by atoms with Crippen molar-refractivity contribution >= 4 is 44.9 Å². The van der Waals surface area contributed by atoms with Crippen LogP contribution in [0.5, 0.6) is 0 Å². The maximum absolute atomic E-state index is 13.4. The Morgan fingerprint density at radius 2 is 1.97 bits per heavy atom. The molecule has 38 heavy (non-hydrogen) atoms. The van der Waals surface area contributed by atoms with E-state index < -0.39 is 11.8 Å². The number of nitrogens with two attached hydrogens (primary N) is 1. The van der Waals surface area contributed by atoms with Crippen LogP contribution in [0, 0.1) is 12.8 Å². The molecule has 4 heterocycles. The number of anilines is 2. The van der Waals surface area contributed by atoms with Gasteiger partial charge in [-0.1, -0.05) is 13.0 Å². The molecule has 10 heteroatoms. The fourth-order valence-corrected chi connectivity index (χ4v) is 6.68. The third-order valence-corrected chi connectivity index (χ3v) is 9.00. The maximum atomic E-state index is 13.4. The predicted molar refractivity (Wildman–Crippen MR) is 149 cm³/mol. The summed E-state index contributed by atoms with van der Waals surface area (Å²) < 4.78 is 13.8. The fraction of sp³-hybridized carbons (Fsp3) is 0.500. The molecule has 0 spiro atoms. The number of fused-ring (bicyclic) bond motifs is 1. The van der Waals surface area contributed by atoms with Crippen molar-refractivity contribution in [2.24, 2.45) is 5.92 Å². The van der Waals surface area contributed by atoms with Crippen molar-refractivity contribution in [3.63, 3.8) is 0 Å². The maximum Gasteiger partial charge on any atom is 0.313 e. The summed E-state index contributed by atoms with van der Waals surface area (Å²) in [6, 6.07) is 7.77. The van der Waals surface area contributed by atoms with Gasteiger partial charge in [-0.15, -0.1) is 11.3 Å². The molecule has 2 amide bonds. The van der Waals surface area contributed by atoms with Gasteiger partial charge >= 0.3 is 11.8 Å². The van der Waals surface area contributed by atoms with Gasteiger partial charge in [0.15, 0.2) is 0 Å². The lowest BCUT2D eigenvalue weighted by molar-refractivity contribution is -0.146. The molecule has 0 aliphatic carbocycles. The average Bonchev–Trinajstić information content (AvgIpc) is 3.34. The van der Waals surface area contributed by atoms with Gasteiger partial charge in [-0.05, 0) is 80.9 Å². The number of halogens is 1. The van der Waals surface area contributed by atoms with Gasteiger partial charge in [-0.2, -0.15) is 0 Å². The number of thiazole rings is 1. The first-order chi connectivity index (χ1) is 18.3. The van der Waals surface area contributed by atoms with Gasteiger partial charge in [-0.3, -0.25) is 9.59 Å². The number of hydrogen-bond acceptors (Lipinski definition) is 7. The van der Waals surface area contributed by atoms with E-state index in [1.54, 1.807) is 29.2 Å². The summed E-state index contributed by atoms with van der Waals surface area (Å²) in [6.45, 7) is 6.46. The number of aromatic nitrogens is 2. The van der Waals surface area contributed by atoms with Crippen molar-refractivity contribution in [3.8, 4) is 0 Å². The quantitative estimate of drug-likeness (QED) is 0.458. The zero-order valence-electron chi connectivity index (χ0n) is 22.0. The highest BCUT2D eigenvalue weighted by Gasteiger charge is 2.34. The molecule has 3 aromatic rings. The smallest absolute Gasteiger partial charge is 0.313 e. The lowest BCUT2D eigenvalue weighted by atomic mass is 9.89. The third-order valence-electron chi connectivity index (χ3n) is 7.80. The molecule has 1 aromatic carbocycles. The van der Waals surface area contributed by atoms with Crippen LogP contribution < -0.4 is 11.1 Å². The third kappa shape index (κ3) is 5.66. The lowest BCUT2D eigenvalue weighted by Gasteiger charge is -2.38. The largest absolute Gasteiger partial charge is 0.383 e. The van der Waals surface area contributed by atoms with Crippen LogP contribution in [0.2, 0.25) is 0 Å². The normalized spacial score (nSPS) is 21.1. The second-order valence-electron chi connectivity index (χ2n) is 10.6. The van der Waals surface area contributed by atoms with Crippen LogP contribution in [-0.4, -0.2) is 64.4 Å². The molecule has 2 saturated heterocycles. The SMILES string of the molecule is Cc1cc(NC(=O)C(=O)N2C[C@@H](C)CCC2c2ccc3sc(C4CCN(CCF)CC4)nc3c2)cnc1N. The second kappa shape index (κ2) is 11.3. The molecule has 2 aliphatic heterocycles. The number of nitrogens with one attached hydrogen (secondary N) is 1. The summed E-state index contributed by atoms with van der Waals surface area (Å²) in [7, 11) is 0. The van der Waals surface area contributed by atoms with Crippen molar-refractivity contribution in [2.45, 2.75) is 51.5 Å². The molecule has 1 unspecified atom stereocenters. The summed E-state index contributed by atoms with van der Waals surface area (Å²) in [6.07, 6.45) is 5.22. The monoisotopic (exact) mass is 538 g/mol. The van der Waals surface area contributed by atoms with E-state index in [0.29, 0.717) is 36.4 Å². The molecule has 0 radical (unpaired) electrons. The molecule has 2 fully saturated rings. The molecule has 5 rings (SSSR count). The van der Waals surface area contributed by atoms with Crippen LogP contribution >= 0.6 is 11.3 Å². The molecular formula is C28H35FN6O2S. The Morgan fingerprint density at radius 3 is 2.71 bits per heavy atom. The first kappa shape index (κ1) is 26.5. The number of rotatable bonds is 5. The summed E-state index contributed by atoms with van der Waals surface area (Å²) in [5.74, 6) is -0.125. The number of pyridine rings is 1. The number of carbonyl (C=O) groups excluding carboxylic acids is 2. The van der Waals surface area contributed by atoms with E-state index in [1.165, 1.54) is 6.20 Å². The highest BCUT2D eigenvalue weighted by atomic mass is 32.1. The van der Waals surface area contributed by atoms with E-state index in [4.69, 9.17) is 10.7 Å². The highest BCUT2D eigenvalue weighted by molar-refractivity contribution is 7.18. The molecule has 2 atom stereocenters. The van der Waals surface area contributed by atoms with Gasteiger partial charge in [0.2, 0.25) is 0 Å². The highest BCUT2D eigenvalue weighted by Crippen LogP contribution is 2.38. The Balaban J connectivity index is 1.33. The molecule has 0 bridgehead atoms. The number of benzene rings is 1. The number of likely N-dealkylation sites (tertiary alicyclic amines) is 2. The number of nitrogen functional groups attached to an aromatic ring is 1. The summed E-state index contributed by atoms with van der Waals surface area (Å²) >= 11 is 1.73. The minimum Gasteiger partial charge on any atom is -0.383 e. The van der Waals surface area contributed by atoms with E-state index in [-0.39, 0.29) is 12.7 Å². The van der Waals surface area contributed by atoms with Crippen LogP contribution in [0.3, 0.4) is 0 Å². The summed E-state index contributed by atoms with van der Waals surface area (Å²) in [5.41, 5.74) is 8.90. The molecule has 202 valence electrons. The number of piperidine rings is 2. The van der Waals surface area contributed by atoms with Gasteiger partial charge < -0.3 is 20.9 Å². The molecular weight excluding hydrogens is 503 g/mol. The molecule has 2 aliphatic rings.